The first-order chi connectivity index (χ1) is 16.2. The molecule has 3 aromatic rings. The second-order valence-electron chi connectivity index (χ2n) is 6.71. The van der Waals surface area contributed by atoms with E-state index in [1.54, 1.807) is 30.3 Å². The standard InChI is InChI=1S/C22H18F3N5O4/c1-2-11-26-21(33)27-17(31)13-34-20(32)18-28-19(14-7-4-3-5-8-14)30(29-18)16-10-6-9-15(12-16)22(23,24)25/h2-10,12H,1,11,13H2,(H2,26,27,31,33). The minimum atomic E-state index is -4.59. The number of nitrogens with one attached hydrogen (secondary N) is 2. The number of hydrogen-bond donors (Lipinski definition) is 2. The molecule has 0 aliphatic carbocycles. The third-order valence-electron chi connectivity index (χ3n) is 4.23. The molecule has 34 heavy (non-hydrogen) atoms. The maximum Gasteiger partial charge on any atom is 0.416 e. The third kappa shape index (κ3) is 6.06. The molecule has 1 heterocycles. The molecule has 176 valence electrons. The van der Waals surface area contributed by atoms with Gasteiger partial charge in [-0.3, -0.25) is 10.1 Å². The van der Waals surface area contributed by atoms with Gasteiger partial charge in [-0.1, -0.05) is 42.5 Å². The van der Waals surface area contributed by atoms with Gasteiger partial charge in [0.2, 0.25) is 0 Å². The second kappa shape index (κ2) is 10.4. The van der Waals surface area contributed by atoms with Crippen LogP contribution in [0.3, 0.4) is 0 Å². The van der Waals surface area contributed by atoms with E-state index >= 15 is 0 Å². The monoisotopic (exact) mass is 473 g/mol. The van der Waals surface area contributed by atoms with Gasteiger partial charge < -0.3 is 10.1 Å². The van der Waals surface area contributed by atoms with Crippen LogP contribution in [0.15, 0.2) is 67.3 Å². The van der Waals surface area contributed by atoms with Crippen molar-refractivity contribution in [2.24, 2.45) is 0 Å². The molecule has 1 aromatic heterocycles. The number of halogens is 3. The number of benzene rings is 2. The molecule has 0 saturated carbocycles. The quantitative estimate of drug-likeness (QED) is 0.403. The molecule has 3 rings (SSSR count). The molecule has 0 unspecified atom stereocenters. The van der Waals surface area contributed by atoms with Crippen molar-refractivity contribution in [1.82, 2.24) is 25.4 Å². The Labute approximate surface area is 191 Å². The molecule has 12 heteroatoms. The Morgan fingerprint density at radius 3 is 2.50 bits per heavy atom. The zero-order valence-electron chi connectivity index (χ0n) is 17.5. The first-order valence-electron chi connectivity index (χ1n) is 9.75. The van der Waals surface area contributed by atoms with Crippen LogP contribution in [0.5, 0.6) is 0 Å². The molecule has 0 aliphatic heterocycles. The maximum atomic E-state index is 13.2. The van der Waals surface area contributed by atoms with E-state index < -0.39 is 42.1 Å². The van der Waals surface area contributed by atoms with Crippen LogP contribution >= 0.6 is 0 Å². The Morgan fingerprint density at radius 2 is 1.82 bits per heavy atom. The first kappa shape index (κ1) is 24.2. The van der Waals surface area contributed by atoms with Crippen molar-refractivity contribution in [2.45, 2.75) is 6.18 Å². The number of imide groups is 1. The summed E-state index contributed by atoms with van der Waals surface area (Å²) in [6.07, 6.45) is -3.18. The fourth-order valence-corrected chi connectivity index (χ4v) is 2.73. The van der Waals surface area contributed by atoms with Gasteiger partial charge >= 0.3 is 18.2 Å². The highest BCUT2D eigenvalue weighted by atomic mass is 19.4. The summed E-state index contributed by atoms with van der Waals surface area (Å²) in [5, 5.41) is 8.25. The van der Waals surface area contributed by atoms with Crippen LogP contribution < -0.4 is 10.6 Å². The average molecular weight is 473 g/mol. The Morgan fingerprint density at radius 1 is 1.09 bits per heavy atom. The zero-order chi connectivity index (χ0) is 24.7. The van der Waals surface area contributed by atoms with Crippen molar-refractivity contribution in [3.05, 3.63) is 78.6 Å². The van der Waals surface area contributed by atoms with E-state index in [-0.39, 0.29) is 18.1 Å². The van der Waals surface area contributed by atoms with Gasteiger partial charge in [-0.25, -0.2) is 19.3 Å². The highest BCUT2D eigenvalue weighted by molar-refractivity contribution is 5.96. The number of rotatable bonds is 7. The zero-order valence-corrected chi connectivity index (χ0v) is 17.5. The third-order valence-corrected chi connectivity index (χ3v) is 4.23. The van der Waals surface area contributed by atoms with E-state index in [0.717, 1.165) is 16.8 Å². The SMILES string of the molecule is C=CCNC(=O)NC(=O)COC(=O)c1nc(-c2ccccc2)n(-c2cccc(C(F)(F)F)c2)n1. The molecule has 2 aromatic carbocycles. The van der Waals surface area contributed by atoms with Crippen molar-refractivity contribution < 1.29 is 32.3 Å². The van der Waals surface area contributed by atoms with Crippen molar-refractivity contribution in [3.8, 4) is 17.1 Å². The van der Waals surface area contributed by atoms with Crippen LogP contribution in [0.1, 0.15) is 16.2 Å². The number of alkyl halides is 3. The number of carbonyl (C=O) groups excluding carboxylic acids is 3. The molecule has 0 atom stereocenters. The molecular formula is C22H18F3N5O4. The molecule has 3 amide bonds. The smallest absolute Gasteiger partial charge is 0.416 e. The van der Waals surface area contributed by atoms with E-state index in [1.807, 2.05) is 5.32 Å². The van der Waals surface area contributed by atoms with Gasteiger partial charge in [-0.05, 0) is 18.2 Å². The topological polar surface area (TPSA) is 115 Å². The van der Waals surface area contributed by atoms with Crippen LogP contribution in [-0.4, -0.2) is 45.8 Å². The Kier molecular flexibility index (Phi) is 7.41. The van der Waals surface area contributed by atoms with Gasteiger partial charge in [-0.2, -0.15) is 13.2 Å². The van der Waals surface area contributed by atoms with Crippen LogP contribution in [-0.2, 0) is 15.7 Å². The van der Waals surface area contributed by atoms with Gasteiger partial charge in [0.25, 0.3) is 11.7 Å². The highest BCUT2D eigenvalue weighted by Crippen LogP contribution is 2.31. The lowest BCUT2D eigenvalue weighted by Gasteiger charge is -2.10. The highest BCUT2D eigenvalue weighted by Gasteiger charge is 2.31. The van der Waals surface area contributed by atoms with Gasteiger partial charge in [-0.15, -0.1) is 11.7 Å². The van der Waals surface area contributed by atoms with E-state index in [4.69, 9.17) is 4.74 Å². The molecule has 0 radical (unpaired) electrons. The number of ether oxygens (including phenoxy) is 1. The fraction of sp³-hybridized carbons (Fsp3) is 0.136. The summed E-state index contributed by atoms with van der Waals surface area (Å²) in [5.41, 5.74) is -0.421. The van der Waals surface area contributed by atoms with Gasteiger partial charge in [0, 0.05) is 12.1 Å². The summed E-state index contributed by atoms with van der Waals surface area (Å²) in [4.78, 5) is 39.7. The molecule has 2 N–H and O–H groups in total. The predicted octanol–water partition coefficient (Wildman–Crippen LogP) is 3.12. The van der Waals surface area contributed by atoms with Gasteiger partial charge in [0.1, 0.15) is 0 Å². The van der Waals surface area contributed by atoms with E-state index in [0.29, 0.717) is 5.56 Å². The van der Waals surface area contributed by atoms with Crippen LogP contribution in [0.2, 0.25) is 0 Å². The Hall–Kier alpha value is -4.48. The first-order valence-corrected chi connectivity index (χ1v) is 9.75. The predicted molar refractivity (Wildman–Crippen MR) is 114 cm³/mol. The number of carbonyl (C=O) groups is 3. The minimum absolute atomic E-state index is 0.0110. The summed E-state index contributed by atoms with van der Waals surface area (Å²) in [6, 6.07) is 11.9. The van der Waals surface area contributed by atoms with Crippen LogP contribution in [0.4, 0.5) is 18.0 Å². The van der Waals surface area contributed by atoms with E-state index in [2.05, 4.69) is 22.0 Å². The van der Waals surface area contributed by atoms with E-state index in [9.17, 15) is 27.6 Å². The molecular weight excluding hydrogens is 455 g/mol. The normalized spacial score (nSPS) is 10.9. The van der Waals surface area contributed by atoms with Crippen molar-refractivity contribution in [2.75, 3.05) is 13.2 Å². The van der Waals surface area contributed by atoms with Gasteiger partial charge in [0.15, 0.2) is 12.4 Å². The molecule has 0 fully saturated rings. The maximum absolute atomic E-state index is 13.2. The summed E-state index contributed by atoms with van der Waals surface area (Å²) in [6.45, 7) is 2.72. The van der Waals surface area contributed by atoms with Gasteiger partial charge in [0.05, 0.1) is 11.3 Å². The molecule has 0 saturated heterocycles. The molecule has 0 aliphatic rings. The van der Waals surface area contributed by atoms with Crippen molar-refractivity contribution >= 4 is 17.9 Å². The largest absolute Gasteiger partial charge is 0.450 e. The summed E-state index contributed by atoms with van der Waals surface area (Å²) in [7, 11) is 0. The van der Waals surface area contributed by atoms with Crippen LogP contribution in [0, 0.1) is 0 Å². The van der Waals surface area contributed by atoms with Crippen molar-refractivity contribution in [1.29, 1.82) is 0 Å². The average Bonchev–Trinajstić information content (AvgIpc) is 3.27. The fourth-order valence-electron chi connectivity index (χ4n) is 2.73. The number of aromatic nitrogens is 3. The minimum Gasteiger partial charge on any atom is -0.450 e. The Bertz CT molecular complexity index is 1210. The second-order valence-corrected chi connectivity index (χ2v) is 6.71. The number of nitrogens with zero attached hydrogens (tertiary/aromatic N) is 3. The summed E-state index contributed by atoms with van der Waals surface area (Å²) < 4.78 is 45.5. The lowest BCUT2D eigenvalue weighted by molar-refractivity contribution is -0.137. The molecule has 0 spiro atoms. The number of hydrogen-bond acceptors (Lipinski definition) is 6. The van der Waals surface area contributed by atoms with E-state index in [1.165, 1.54) is 18.2 Å². The summed E-state index contributed by atoms with van der Waals surface area (Å²) in [5.74, 6) is -2.42. The molecule has 0 bridgehead atoms. The number of urea groups is 1. The van der Waals surface area contributed by atoms with Crippen LogP contribution in [0.25, 0.3) is 17.1 Å². The molecule has 9 nitrogen and oxygen atoms in total. The Balaban J connectivity index is 1.85. The number of amides is 3. The lowest BCUT2D eigenvalue weighted by atomic mass is 10.2. The lowest BCUT2D eigenvalue weighted by Crippen LogP contribution is -2.41. The summed E-state index contributed by atoms with van der Waals surface area (Å²) >= 11 is 0. The van der Waals surface area contributed by atoms with Crippen molar-refractivity contribution in [3.63, 3.8) is 0 Å². The number of esters is 1.